The number of rotatable bonds is 4. The maximum Gasteiger partial charge on any atom is 0.410 e. The number of nitrogens with zero attached hydrogens (tertiary/aromatic N) is 5. The Morgan fingerprint density at radius 2 is 2.00 bits per heavy atom. The largest absolute Gasteiger partial charge is 0.461 e. The van der Waals surface area contributed by atoms with Crippen LogP contribution in [0.5, 0.6) is 6.01 Å². The fourth-order valence-corrected chi connectivity index (χ4v) is 7.36. The lowest BCUT2D eigenvalue weighted by Gasteiger charge is -2.31. The molecule has 212 valence electrons. The van der Waals surface area contributed by atoms with Crippen LogP contribution in [0.25, 0.3) is 10.9 Å². The molecule has 0 aliphatic carbocycles. The Kier molecular flexibility index (Phi) is 6.86. The third-order valence-corrected chi connectivity index (χ3v) is 9.80. The van der Waals surface area contributed by atoms with Crippen LogP contribution in [0.15, 0.2) is 10.5 Å². The Morgan fingerprint density at radius 3 is 2.77 bits per heavy atom. The number of carbonyl (C=O) groups is 1. The van der Waals surface area contributed by atoms with E-state index in [1.165, 1.54) is 0 Å². The van der Waals surface area contributed by atoms with Gasteiger partial charge in [0.1, 0.15) is 29.7 Å². The molecule has 5 heterocycles. The first kappa shape index (κ1) is 27.2. The molecule has 0 spiro atoms. The van der Waals surface area contributed by atoms with E-state index < -0.39 is 17.6 Å². The first-order valence-electron chi connectivity index (χ1n) is 13.6. The lowest BCUT2D eigenvalue weighted by atomic mass is 9.95. The second kappa shape index (κ2) is 9.83. The van der Waals surface area contributed by atoms with Gasteiger partial charge in [-0.3, -0.25) is 4.90 Å². The Morgan fingerprint density at radius 1 is 1.23 bits per heavy atom. The van der Waals surface area contributed by atoms with E-state index in [9.17, 15) is 9.18 Å². The van der Waals surface area contributed by atoms with E-state index in [2.05, 4.69) is 30.7 Å². The number of halogens is 4. The molecule has 0 saturated carbocycles. The zero-order chi connectivity index (χ0) is 27.7. The van der Waals surface area contributed by atoms with Gasteiger partial charge in [0, 0.05) is 31.4 Å². The second-order valence-electron chi connectivity index (χ2n) is 12.2. The smallest absolute Gasteiger partial charge is 0.410 e. The van der Waals surface area contributed by atoms with Crippen LogP contribution in [0.2, 0.25) is 5.02 Å². The van der Waals surface area contributed by atoms with Crippen LogP contribution in [0, 0.1) is 5.82 Å². The van der Waals surface area contributed by atoms with Gasteiger partial charge in [-0.15, -0.1) is 0 Å². The molecule has 12 heteroatoms. The van der Waals surface area contributed by atoms with Crippen molar-refractivity contribution in [1.82, 2.24) is 19.8 Å². The van der Waals surface area contributed by atoms with Gasteiger partial charge in [0.05, 0.1) is 27.1 Å². The summed E-state index contributed by atoms with van der Waals surface area (Å²) in [6.07, 6.45) is 2.51. The Hall–Kier alpha value is -1.98. The maximum atomic E-state index is 15.5. The molecule has 1 amide bonds. The second-order valence-corrected chi connectivity index (χ2v) is 13.4. The Bertz CT molecular complexity index is 1310. The van der Waals surface area contributed by atoms with Crippen molar-refractivity contribution in [2.75, 3.05) is 37.7 Å². The van der Waals surface area contributed by atoms with Crippen molar-refractivity contribution in [3.63, 3.8) is 0 Å². The fraction of sp³-hybridized carbons (Fsp3) is 0.667. The van der Waals surface area contributed by atoms with E-state index in [1.807, 2.05) is 20.8 Å². The van der Waals surface area contributed by atoms with Gasteiger partial charge in [-0.05, 0) is 75.0 Å². The third kappa shape index (κ3) is 4.82. The number of likely N-dealkylation sites (tertiary alicyclic amines) is 1. The molecule has 0 bridgehead atoms. The molecule has 1 aromatic carbocycles. The van der Waals surface area contributed by atoms with Crippen molar-refractivity contribution >= 4 is 50.3 Å². The lowest BCUT2D eigenvalue weighted by molar-refractivity contribution is 0.0228. The van der Waals surface area contributed by atoms with Gasteiger partial charge >= 0.3 is 12.1 Å². The summed E-state index contributed by atoms with van der Waals surface area (Å²) in [7, 11) is 0. The third-order valence-electron chi connectivity index (χ3n) is 8.49. The number of fused-ring (bicyclic) bond motifs is 3. The topological polar surface area (TPSA) is 71.0 Å². The number of benzene rings is 1. The Labute approximate surface area is 240 Å². The number of alkyl halides is 1. The molecule has 4 aliphatic rings. The number of ether oxygens (including phenoxy) is 2. The number of hydrogen-bond acceptors (Lipinski definition) is 7. The first-order chi connectivity index (χ1) is 18.5. The standard InChI is InChI=1S/C27H33BrClF2N5O3/c1-26(2,3)39-25(37)36-10-6-18-19(36)5-9-35(18)23-16-11-17(29)20(28)21(31)22(16)32-24(33-23)38-14-27-7-4-8-34(27)13-15(30)12-27/h11,15,18-19H,4-10,12-14H2,1-3H3/t15-,18?,19?,27+/m1/s1. The molecule has 2 unspecified atom stereocenters. The molecule has 0 radical (unpaired) electrons. The summed E-state index contributed by atoms with van der Waals surface area (Å²) in [5, 5.41) is 0.700. The predicted octanol–water partition coefficient (Wildman–Crippen LogP) is 5.73. The molecular formula is C27H33BrClF2N5O3. The molecule has 2 aromatic rings. The number of hydrogen-bond donors (Lipinski definition) is 0. The molecule has 4 atom stereocenters. The van der Waals surface area contributed by atoms with E-state index in [0.29, 0.717) is 37.3 Å². The minimum absolute atomic E-state index is 0.0139. The summed E-state index contributed by atoms with van der Waals surface area (Å²) < 4.78 is 41.7. The van der Waals surface area contributed by atoms with Crippen molar-refractivity contribution < 1.29 is 23.0 Å². The Balaban J connectivity index is 1.33. The van der Waals surface area contributed by atoms with Gasteiger partial charge in [-0.25, -0.2) is 13.6 Å². The highest BCUT2D eigenvalue weighted by Gasteiger charge is 2.50. The van der Waals surface area contributed by atoms with Crippen LogP contribution in [-0.4, -0.2) is 88.0 Å². The fourth-order valence-electron chi connectivity index (χ4n) is 6.86. The summed E-state index contributed by atoms with van der Waals surface area (Å²) in [6, 6.07) is 1.66. The van der Waals surface area contributed by atoms with Crippen LogP contribution in [0.4, 0.5) is 19.4 Å². The normalized spacial score (nSPS) is 28.8. The van der Waals surface area contributed by atoms with Crippen molar-refractivity contribution in [2.45, 2.75) is 82.3 Å². The molecular weight excluding hydrogens is 596 g/mol. The molecule has 6 rings (SSSR count). The molecule has 1 aromatic heterocycles. The number of anilines is 1. The van der Waals surface area contributed by atoms with Crippen molar-refractivity contribution in [1.29, 1.82) is 0 Å². The van der Waals surface area contributed by atoms with Crippen molar-refractivity contribution in [3.05, 3.63) is 21.4 Å². The summed E-state index contributed by atoms with van der Waals surface area (Å²) in [5.74, 6) is -0.0636. The highest BCUT2D eigenvalue weighted by Crippen LogP contribution is 2.43. The van der Waals surface area contributed by atoms with E-state index in [-0.39, 0.29) is 51.3 Å². The highest BCUT2D eigenvalue weighted by molar-refractivity contribution is 9.10. The van der Waals surface area contributed by atoms with Gasteiger partial charge in [-0.2, -0.15) is 9.97 Å². The summed E-state index contributed by atoms with van der Waals surface area (Å²) in [6.45, 7) is 8.26. The predicted molar refractivity (Wildman–Crippen MR) is 148 cm³/mol. The zero-order valence-electron chi connectivity index (χ0n) is 22.4. The van der Waals surface area contributed by atoms with Gasteiger partial charge < -0.3 is 19.3 Å². The quantitative estimate of drug-likeness (QED) is 0.401. The van der Waals surface area contributed by atoms with Crippen LogP contribution in [0.1, 0.15) is 52.9 Å². The van der Waals surface area contributed by atoms with Crippen LogP contribution < -0.4 is 9.64 Å². The van der Waals surface area contributed by atoms with E-state index in [1.54, 1.807) is 11.0 Å². The van der Waals surface area contributed by atoms with Crippen LogP contribution in [0.3, 0.4) is 0 Å². The van der Waals surface area contributed by atoms with Gasteiger partial charge in [0.25, 0.3) is 0 Å². The zero-order valence-corrected chi connectivity index (χ0v) is 24.7. The van der Waals surface area contributed by atoms with Gasteiger partial charge in [-0.1, -0.05) is 11.6 Å². The van der Waals surface area contributed by atoms with Crippen molar-refractivity contribution in [3.8, 4) is 6.01 Å². The molecule has 4 fully saturated rings. The van der Waals surface area contributed by atoms with Gasteiger partial charge in [0.2, 0.25) is 0 Å². The molecule has 8 nitrogen and oxygen atoms in total. The summed E-state index contributed by atoms with van der Waals surface area (Å²) >= 11 is 9.60. The van der Waals surface area contributed by atoms with Crippen LogP contribution >= 0.6 is 27.5 Å². The van der Waals surface area contributed by atoms with E-state index >= 15 is 4.39 Å². The number of carbonyl (C=O) groups excluding carboxylic acids is 1. The SMILES string of the molecule is CC(C)(C)OC(=O)N1CCC2C1CCN2c1nc(OC[C@@]23CCCN2C[C@H](F)C3)nc2c(F)c(Br)c(Cl)cc12. The molecule has 39 heavy (non-hydrogen) atoms. The van der Waals surface area contributed by atoms with Crippen molar-refractivity contribution in [2.24, 2.45) is 0 Å². The summed E-state index contributed by atoms with van der Waals surface area (Å²) in [5.41, 5.74) is -0.859. The van der Waals surface area contributed by atoms with Crippen LogP contribution in [-0.2, 0) is 4.74 Å². The molecule has 0 N–H and O–H groups in total. The van der Waals surface area contributed by atoms with Gasteiger partial charge in [0.15, 0.2) is 5.82 Å². The molecule has 4 aliphatic heterocycles. The highest BCUT2D eigenvalue weighted by atomic mass is 79.9. The summed E-state index contributed by atoms with van der Waals surface area (Å²) in [4.78, 5) is 28.2. The van der Waals surface area contributed by atoms with E-state index in [4.69, 9.17) is 26.1 Å². The maximum absolute atomic E-state index is 15.5. The number of amides is 1. The average Bonchev–Trinajstić information content (AvgIpc) is 3.60. The minimum atomic E-state index is -0.880. The van der Waals surface area contributed by atoms with E-state index in [0.717, 1.165) is 32.2 Å². The minimum Gasteiger partial charge on any atom is -0.461 e. The number of aromatic nitrogens is 2. The monoisotopic (exact) mass is 627 g/mol. The average molecular weight is 629 g/mol. The molecule has 4 saturated heterocycles. The first-order valence-corrected chi connectivity index (χ1v) is 14.8. The lowest BCUT2D eigenvalue weighted by Crippen LogP contribution is -2.43.